The first kappa shape index (κ1) is 12.1. The number of nitrogens with zero attached hydrogens (tertiary/aromatic N) is 3. The van der Waals surface area contributed by atoms with Gasteiger partial charge in [-0.1, -0.05) is 0 Å². The zero-order valence-electron chi connectivity index (χ0n) is 11.6. The summed E-state index contributed by atoms with van der Waals surface area (Å²) in [6.45, 7) is 1.96. The van der Waals surface area contributed by atoms with Crippen LogP contribution in [0.1, 0.15) is 28.8 Å². The van der Waals surface area contributed by atoms with E-state index in [-0.39, 0.29) is 5.91 Å². The van der Waals surface area contributed by atoms with Crippen molar-refractivity contribution in [2.24, 2.45) is 0 Å². The molecule has 2 aliphatic rings. The number of anilines is 4. The molecule has 1 saturated carbocycles. The zero-order chi connectivity index (χ0) is 14.6. The molecule has 1 aliphatic carbocycles. The third-order valence-corrected chi connectivity index (χ3v) is 3.88. The van der Waals surface area contributed by atoms with E-state index in [1.807, 2.05) is 13.0 Å². The molecule has 0 bridgehead atoms. The van der Waals surface area contributed by atoms with Crippen molar-refractivity contribution in [3.8, 4) is 0 Å². The molecule has 1 fully saturated rings. The van der Waals surface area contributed by atoms with Gasteiger partial charge in [0.25, 0.3) is 5.91 Å². The Morgan fingerprint density at radius 2 is 2.14 bits per heavy atom. The molecule has 21 heavy (non-hydrogen) atoms. The second kappa shape index (κ2) is 4.18. The summed E-state index contributed by atoms with van der Waals surface area (Å²) in [7, 11) is 0. The maximum atomic E-state index is 12.5. The lowest BCUT2D eigenvalue weighted by Crippen LogP contribution is -2.22. The first-order chi connectivity index (χ1) is 10.1. The predicted molar refractivity (Wildman–Crippen MR) is 80.7 cm³/mol. The van der Waals surface area contributed by atoms with Crippen molar-refractivity contribution in [2.45, 2.75) is 25.8 Å². The Balaban J connectivity index is 2.00. The van der Waals surface area contributed by atoms with Gasteiger partial charge in [-0.05, 0) is 37.5 Å². The molecule has 0 aromatic carbocycles. The Hall–Kier alpha value is -2.63. The molecular formula is C15H15N5O. The number of hydrogen-bond acceptors (Lipinski definition) is 5. The molecule has 3 N–H and O–H groups in total. The van der Waals surface area contributed by atoms with Gasteiger partial charge in [0.05, 0.1) is 23.1 Å². The molecule has 4 rings (SSSR count). The number of aryl methyl sites for hydroxylation is 1. The number of amides is 1. The number of carbonyl (C=O) groups is 1. The molecule has 1 amide bonds. The van der Waals surface area contributed by atoms with Crippen molar-refractivity contribution in [1.82, 2.24) is 9.97 Å². The summed E-state index contributed by atoms with van der Waals surface area (Å²) in [5.41, 5.74) is 8.51. The van der Waals surface area contributed by atoms with E-state index in [1.165, 1.54) is 0 Å². The maximum absolute atomic E-state index is 12.5. The quantitative estimate of drug-likeness (QED) is 0.837. The van der Waals surface area contributed by atoms with E-state index in [0.717, 1.165) is 29.9 Å². The Bertz CT molecular complexity index is 754. The number of nitrogens with one attached hydrogen (secondary N) is 1. The van der Waals surface area contributed by atoms with Crippen LogP contribution in [0.4, 0.5) is 23.0 Å². The molecule has 106 valence electrons. The number of pyridine rings is 2. The average molecular weight is 281 g/mol. The SMILES string of the molecule is Cc1ccnc2c1NC(=O)c1cc(N)cnc1N2C1CC1. The first-order valence-electron chi connectivity index (χ1n) is 6.97. The number of carbonyl (C=O) groups excluding carboxylic acids is 1. The smallest absolute Gasteiger partial charge is 0.259 e. The lowest BCUT2D eigenvalue weighted by Gasteiger charge is -2.23. The second-order valence-corrected chi connectivity index (χ2v) is 5.52. The molecule has 6 nitrogen and oxygen atoms in total. The molecule has 2 aromatic heterocycles. The van der Waals surface area contributed by atoms with Gasteiger partial charge in [0, 0.05) is 12.2 Å². The number of aromatic nitrogens is 2. The van der Waals surface area contributed by atoms with Crippen LogP contribution in [0.3, 0.4) is 0 Å². The molecule has 0 saturated heterocycles. The molecule has 1 aliphatic heterocycles. The van der Waals surface area contributed by atoms with Crippen molar-refractivity contribution in [1.29, 1.82) is 0 Å². The van der Waals surface area contributed by atoms with Crippen LogP contribution < -0.4 is 16.0 Å². The zero-order valence-corrected chi connectivity index (χ0v) is 11.6. The molecule has 0 spiro atoms. The topological polar surface area (TPSA) is 84.1 Å². The van der Waals surface area contributed by atoms with Gasteiger partial charge in [-0.15, -0.1) is 0 Å². The van der Waals surface area contributed by atoms with E-state index in [2.05, 4.69) is 20.2 Å². The molecule has 2 aromatic rings. The highest BCUT2D eigenvalue weighted by molar-refractivity contribution is 6.12. The van der Waals surface area contributed by atoms with Crippen molar-refractivity contribution in [3.63, 3.8) is 0 Å². The van der Waals surface area contributed by atoms with Crippen molar-refractivity contribution in [2.75, 3.05) is 16.0 Å². The van der Waals surface area contributed by atoms with Crippen molar-refractivity contribution < 1.29 is 4.79 Å². The van der Waals surface area contributed by atoms with E-state index in [9.17, 15) is 4.79 Å². The van der Waals surface area contributed by atoms with Gasteiger partial charge < -0.3 is 16.0 Å². The number of nitrogen functional groups attached to an aromatic ring is 1. The fourth-order valence-electron chi connectivity index (χ4n) is 2.67. The number of nitrogens with two attached hydrogens (primary N) is 1. The van der Waals surface area contributed by atoms with E-state index >= 15 is 0 Å². The standard InChI is InChI=1S/C15H15N5O/c1-8-4-5-17-14-12(8)19-15(21)11-6-9(16)7-18-13(11)20(14)10-2-3-10/h4-7,10H,2-3,16H2,1H3,(H,19,21). The fourth-order valence-corrected chi connectivity index (χ4v) is 2.67. The van der Waals surface area contributed by atoms with E-state index < -0.39 is 0 Å². The summed E-state index contributed by atoms with van der Waals surface area (Å²) < 4.78 is 0. The summed E-state index contributed by atoms with van der Waals surface area (Å²) in [5.74, 6) is 1.22. The highest BCUT2D eigenvalue weighted by atomic mass is 16.1. The van der Waals surface area contributed by atoms with Crippen LogP contribution in [-0.2, 0) is 0 Å². The van der Waals surface area contributed by atoms with Crippen LogP contribution in [0, 0.1) is 6.92 Å². The van der Waals surface area contributed by atoms with Crippen LogP contribution in [0.15, 0.2) is 24.5 Å². The van der Waals surface area contributed by atoms with Gasteiger partial charge in [0.2, 0.25) is 0 Å². The Morgan fingerprint density at radius 3 is 2.90 bits per heavy atom. The molecule has 6 heteroatoms. The lowest BCUT2D eigenvalue weighted by molar-refractivity contribution is 0.102. The third-order valence-electron chi connectivity index (χ3n) is 3.88. The van der Waals surface area contributed by atoms with Crippen molar-refractivity contribution in [3.05, 3.63) is 35.7 Å². The Labute approximate surface area is 122 Å². The van der Waals surface area contributed by atoms with Crippen LogP contribution in [0.2, 0.25) is 0 Å². The van der Waals surface area contributed by atoms with Gasteiger partial charge in [0.15, 0.2) is 5.82 Å². The monoisotopic (exact) mass is 281 g/mol. The van der Waals surface area contributed by atoms with Gasteiger partial charge in [-0.3, -0.25) is 4.79 Å². The minimum absolute atomic E-state index is 0.190. The van der Waals surface area contributed by atoms with Gasteiger partial charge in [-0.2, -0.15) is 0 Å². The summed E-state index contributed by atoms with van der Waals surface area (Å²) in [6.07, 6.45) is 5.50. The second-order valence-electron chi connectivity index (χ2n) is 5.52. The van der Waals surface area contributed by atoms with E-state index in [1.54, 1.807) is 18.5 Å². The summed E-state index contributed by atoms with van der Waals surface area (Å²) in [4.78, 5) is 23.4. The highest BCUT2D eigenvalue weighted by Crippen LogP contribution is 2.43. The van der Waals surface area contributed by atoms with E-state index in [0.29, 0.717) is 23.1 Å². The van der Waals surface area contributed by atoms with Gasteiger partial charge in [-0.25, -0.2) is 9.97 Å². The molecule has 0 unspecified atom stereocenters. The fraction of sp³-hybridized carbons (Fsp3) is 0.267. The van der Waals surface area contributed by atoms with Gasteiger partial charge in [0.1, 0.15) is 5.82 Å². The van der Waals surface area contributed by atoms with Crippen LogP contribution in [-0.4, -0.2) is 21.9 Å². The van der Waals surface area contributed by atoms with Crippen LogP contribution in [0.25, 0.3) is 0 Å². The Morgan fingerprint density at radius 1 is 1.33 bits per heavy atom. The minimum atomic E-state index is -0.190. The maximum Gasteiger partial charge on any atom is 0.259 e. The largest absolute Gasteiger partial charge is 0.397 e. The lowest BCUT2D eigenvalue weighted by atomic mass is 10.2. The summed E-state index contributed by atoms with van der Waals surface area (Å²) in [6, 6.07) is 3.91. The van der Waals surface area contributed by atoms with Crippen LogP contribution in [0.5, 0.6) is 0 Å². The minimum Gasteiger partial charge on any atom is -0.397 e. The van der Waals surface area contributed by atoms with E-state index in [4.69, 9.17) is 5.73 Å². The summed E-state index contributed by atoms with van der Waals surface area (Å²) >= 11 is 0. The number of hydrogen-bond donors (Lipinski definition) is 2. The Kier molecular flexibility index (Phi) is 2.42. The average Bonchev–Trinajstić information content (AvgIpc) is 3.28. The normalized spacial score (nSPS) is 16.8. The third kappa shape index (κ3) is 1.83. The van der Waals surface area contributed by atoms with Gasteiger partial charge >= 0.3 is 0 Å². The molecule has 0 atom stereocenters. The van der Waals surface area contributed by atoms with Crippen LogP contribution >= 0.6 is 0 Å². The highest BCUT2D eigenvalue weighted by Gasteiger charge is 2.38. The molecular weight excluding hydrogens is 266 g/mol. The summed E-state index contributed by atoms with van der Waals surface area (Å²) in [5, 5.41) is 2.95. The van der Waals surface area contributed by atoms with Crippen molar-refractivity contribution >= 4 is 28.9 Å². The number of fused-ring (bicyclic) bond motifs is 2. The molecule has 0 radical (unpaired) electrons. The predicted octanol–water partition coefficient (Wildman–Crippen LogP) is 2.23. The first-order valence-corrected chi connectivity index (χ1v) is 6.97. The number of rotatable bonds is 1. The molecule has 3 heterocycles.